The summed E-state index contributed by atoms with van der Waals surface area (Å²) in [6.07, 6.45) is 14.6. The van der Waals surface area contributed by atoms with Crippen molar-refractivity contribution in [3.05, 3.63) is 71.9 Å². The Labute approximate surface area is 132 Å². The second kappa shape index (κ2) is 10.2. The molecule has 116 valence electrons. The minimum Gasteiger partial charge on any atom is -0.106 e. The molecule has 0 heterocycles. The Bertz CT molecular complexity index is 424. The standard InChI is InChI=1S/C10H16.C9H12.C2H4/c1-5-7-9(3)10(4)8-6-2;1-6-3-8-5-9(8)4-7(6)2;1-2/h5-8H,1-4H3;3-4,8-9H,5H2,1-2H3;1-2H2/b7-5-,8-6-,10-9-;;. The van der Waals surface area contributed by atoms with Gasteiger partial charge in [-0.2, -0.15) is 0 Å². The van der Waals surface area contributed by atoms with Crippen LogP contribution in [0.4, 0.5) is 0 Å². The minimum atomic E-state index is 0.925. The zero-order valence-corrected chi connectivity index (χ0v) is 14.7. The fourth-order valence-corrected chi connectivity index (χ4v) is 2.29. The van der Waals surface area contributed by atoms with Crippen LogP contribution in [0.5, 0.6) is 0 Å². The molecule has 1 saturated carbocycles. The summed E-state index contributed by atoms with van der Waals surface area (Å²) in [5.41, 5.74) is 5.66. The quantitative estimate of drug-likeness (QED) is 0.386. The van der Waals surface area contributed by atoms with Crippen LogP contribution >= 0.6 is 0 Å². The molecule has 0 aliphatic heterocycles. The van der Waals surface area contributed by atoms with Crippen LogP contribution in [0.1, 0.15) is 48.0 Å². The monoisotopic (exact) mass is 284 g/mol. The molecule has 0 aromatic heterocycles. The van der Waals surface area contributed by atoms with Crippen LogP contribution < -0.4 is 0 Å². The molecule has 0 N–H and O–H groups in total. The summed E-state index contributed by atoms with van der Waals surface area (Å²) >= 11 is 0. The van der Waals surface area contributed by atoms with Gasteiger partial charge in [0.2, 0.25) is 0 Å². The SMILES string of the molecule is C=C.CC1=CC2CC2C=C1C.C\C=C/C(C)=C(C)\C=C/C. The fraction of sp³-hybridized carbons (Fsp3) is 0.429. The third-order valence-corrected chi connectivity index (χ3v) is 3.90. The number of hydrogen-bond donors (Lipinski definition) is 0. The van der Waals surface area contributed by atoms with Gasteiger partial charge in [0, 0.05) is 0 Å². The molecule has 0 spiro atoms. The van der Waals surface area contributed by atoms with E-state index in [1.54, 1.807) is 0 Å². The van der Waals surface area contributed by atoms with Gasteiger partial charge >= 0.3 is 0 Å². The van der Waals surface area contributed by atoms with Crippen molar-refractivity contribution in [2.45, 2.75) is 48.0 Å². The predicted octanol–water partition coefficient (Wildman–Crippen LogP) is 6.81. The van der Waals surface area contributed by atoms with Crippen LogP contribution in [-0.4, -0.2) is 0 Å². The van der Waals surface area contributed by atoms with Gasteiger partial charge in [-0.3, -0.25) is 0 Å². The largest absolute Gasteiger partial charge is 0.106 e. The van der Waals surface area contributed by atoms with E-state index in [-0.39, 0.29) is 0 Å². The molecular weight excluding hydrogens is 252 g/mol. The van der Waals surface area contributed by atoms with Crippen LogP contribution in [0.2, 0.25) is 0 Å². The Balaban J connectivity index is 0.000000341. The molecule has 1 fully saturated rings. The van der Waals surface area contributed by atoms with Crippen molar-refractivity contribution in [2.75, 3.05) is 0 Å². The molecule has 2 rings (SSSR count). The lowest BCUT2D eigenvalue weighted by Crippen LogP contribution is -1.88. The van der Waals surface area contributed by atoms with E-state index in [9.17, 15) is 0 Å². The van der Waals surface area contributed by atoms with Crippen molar-refractivity contribution in [2.24, 2.45) is 11.8 Å². The van der Waals surface area contributed by atoms with Gasteiger partial charge in [0.15, 0.2) is 0 Å². The van der Waals surface area contributed by atoms with Crippen LogP contribution in [0, 0.1) is 11.8 Å². The average Bonchev–Trinajstić information content (AvgIpc) is 3.20. The van der Waals surface area contributed by atoms with E-state index in [1.165, 1.54) is 28.7 Å². The molecule has 2 aliphatic carbocycles. The van der Waals surface area contributed by atoms with Crippen LogP contribution in [-0.2, 0) is 0 Å². The normalized spacial score (nSPS) is 23.9. The van der Waals surface area contributed by atoms with E-state index in [0.717, 1.165) is 11.8 Å². The lowest BCUT2D eigenvalue weighted by molar-refractivity contribution is 0.942. The molecule has 0 heteroatoms. The molecule has 2 atom stereocenters. The highest BCUT2D eigenvalue weighted by Gasteiger charge is 2.35. The maximum absolute atomic E-state index is 3.00. The van der Waals surface area contributed by atoms with Crippen molar-refractivity contribution < 1.29 is 0 Å². The average molecular weight is 284 g/mol. The molecule has 0 amide bonds. The van der Waals surface area contributed by atoms with Crippen LogP contribution in [0.25, 0.3) is 0 Å². The lowest BCUT2D eigenvalue weighted by Gasteiger charge is -2.05. The summed E-state index contributed by atoms with van der Waals surface area (Å²) < 4.78 is 0. The lowest BCUT2D eigenvalue weighted by atomic mass is 10.0. The van der Waals surface area contributed by atoms with Gasteiger partial charge < -0.3 is 0 Å². The summed E-state index contributed by atoms with van der Waals surface area (Å²) in [6, 6.07) is 0. The number of allylic oxidation sites excluding steroid dienone is 10. The highest BCUT2D eigenvalue weighted by molar-refractivity contribution is 5.36. The third-order valence-electron chi connectivity index (χ3n) is 3.90. The first-order chi connectivity index (χ1) is 9.99. The Hall–Kier alpha value is -1.56. The molecule has 0 radical (unpaired) electrons. The second-order valence-electron chi connectivity index (χ2n) is 5.63. The van der Waals surface area contributed by atoms with E-state index in [0.29, 0.717) is 0 Å². The van der Waals surface area contributed by atoms with Crippen molar-refractivity contribution >= 4 is 0 Å². The van der Waals surface area contributed by atoms with Gasteiger partial charge in [-0.15, -0.1) is 13.2 Å². The molecule has 0 saturated heterocycles. The first-order valence-corrected chi connectivity index (χ1v) is 7.79. The number of hydrogen-bond acceptors (Lipinski definition) is 0. The molecule has 2 aliphatic rings. The van der Waals surface area contributed by atoms with Crippen molar-refractivity contribution in [3.63, 3.8) is 0 Å². The zero-order chi connectivity index (χ0) is 16.4. The summed E-state index contributed by atoms with van der Waals surface area (Å²) in [6.45, 7) is 18.7. The van der Waals surface area contributed by atoms with E-state index in [2.05, 4.69) is 77.3 Å². The molecule has 0 nitrogen and oxygen atoms in total. The molecular formula is C21H32. The van der Waals surface area contributed by atoms with Gasteiger partial charge in [-0.25, -0.2) is 0 Å². The molecule has 0 aromatic carbocycles. The van der Waals surface area contributed by atoms with Gasteiger partial charge in [-0.05, 0) is 70.9 Å². The van der Waals surface area contributed by atoms with E-state index in [4.69, 9.17) is 0 Å². The Kier molecular flexibility index (Phi) is 9.45. The Morgan fingerprint density at radius 3 is 1.52 bits per heavy atom. The number of fused-ring (bicyclic) bond motifs is 1. The summed E-state index contributed by atoms with van der Waals surface area (Å²) in [7, 11) is 0. The molecule has 0 aromatic rings. The second-order valence-corrected chi connectivity index (χ2v) is 5.63. The topological polar surface area (TPSA) is 0 Å². The summed E-state index contributed by atoms with van der Waals surface area (Å²) in [5.74, 6) is 1.85. The van der Waals surface area contributed by atoms with Gasteiger partial charge in [-0.1, -0.05) is 47.6 Å². The first kappa shape index (κ1) is 19.4. The molecule has 2 unspecified atom stereocenters. The van der Waals surface area contributed by atoms with Crippen molar-refractivity contribution in [3.8, 4) is 0 Å². The highest BCUT2D eigenvalue weighted by atomic mass is 14.4. The minimum absolute atomic E-state index is 0.925. The highest BCUT2D eigenvalue weighted by Crippen LogP contribution is 2.45. The van der Waals surface area contributed by atoms with Crippen LogP contribution in [0.15, 0.2) is 71.9 Å². The summed E-state index contributed by atoms with van der Waals surface area (Å²) in [4.78, 5) is 0. The Morgan fingerprint density at radius 2 is 1.24 bits per heavy atom. The van der Waals surface area contributed by atoms with Gasteiger partial charge in [0.05, 0.1) is 0 Å². The van der Waals surface area contributed by atoms with Gasteiger partial charge in [0.25, 0.3) is 0 Å². The maximum Gasteiger partial charge on any atom is -0.0158 e. The smallest absolute Gasteiger partial charge is 0.0158 e. The number of rotatable bonds is 2. The van der Waals surface area contributed by atoms with Gasteiger partial charge in [0.1, 0.15) is 0 Å². The fourth-order valence-electron chi connectivity index (χ4n) is 2.29. The van der Waals surface area contributed by atoms with E-state index < -0.39 is 0 Å². The third kappa shape index (κ3) is 7.13. The Morgan fingerprint density at radius 1 is 0.905 bits per heavy atom. The van der Waals surface area contributed by atoms with E-state index in [1.807, 2.05) is 13.8 Å². The molecule has 0 bridgehead atoms. The van der Waals surface area contributed by atoms with Crippen molar-refractivity contribution in [1.29, 1.82) is 0 Å². The van der Waals surface area contributed by atoms with E-state index >= 15 is 0 Å². The predicted molar refractivity (Wildman–Crippen MR) is 98.4 cm³/mol. The summed E-state index contributed by atoms with van der Waals surface area (Å²) in [5, 5.41) is 0. The molecule has 21 heavy (non-hydrogen) atoms. The van der Waals surface area contributed by atoms with Crippen LogP contribution in [0.3, 0.4) is 0 Å². The maximum atomic E-state index is 3.00. The first-order valence-electron chi connectivity index (χ1n) is 7.79. The van der Waals surface area contributed by atoms with Crippen molar-refractivity contribution in [1.82, 2.24) is 0 Å². The zero-order valence-electron chi connectivity index (χ0n) is 14.7.